The summed E-state index contributed by atoms with van der Waals surface area (Å²) in [5.74, 6) is 0. The van der Waals surface area contributed by atoms with Gasteiger partial charge in [-0.2, -0.15) is 14.3 Å². The maximum Gasteiger partial charge on any atom is 0.403 e. The van der Waals surface area contributed by atoms with Crippen LogP contribution in [0.25, 0.3) is 0 Å². The van der Waals surface area contributed by atoms with Gasteiger partial charge in [0, 0.05) is 6.66 Å². The molecule has 0 aromatic carbocycles. The normalized spacial score (nSPS) is 15.8. The van der Waals surface area contributed by atoms with E-state index < -0.39 is 21.6 Å². The lowest BCUT2D eigenvalue weighted by Crippen LogP contribution is -2.23. The van der Waals surface area contributed by atoms with Crippen molar-refractivity contribution in [2.75, 3.05) is 79.4 Å². The third-order valence-electron chi connectivity index (χ3n) is 2.50. The second kappa shape index (κ2) is 15.2. The molecule has 0 saturated carbocycles. The van der Waals surface area contributed by atoms with Crippen LogP contribution >= 0.6 is 15.5 Å². The number of aliphatic hydroxyl groups excluding tert-OH is 1. The maximum absolute atomic E-state index is 10.8. The van der Waals surface area contributed by atoms with Crippen LogP contribution in [-0.2, 0) is 32.6 Å². The lowest BCUT2D eigenvalue weighted by Gasteiger charge is -2.12. The van der Waals surface area contributed by atoms with Crippen molar-refractivity contribution in [3.63, 3.8) is 0 Å². The highest BCUT2D eigenvalue weighted by atomic mass is 31.2. The van der Waals surface area contributed by atoms with E-state index in [0.29, 0.717) is 33.0 Å². The van der Waals surface area contributed by atoms with Gasteiger partial charge in [0.25, 0.3) is 0 Å². The number of aliphatic hydroxyl groups is 1. The fraction of sp³-hybridized carbons (Fsp3) is 1.00. The van der Waals surface area contributed by atoms with Gasteiger partial charge in [0.1, 0.15) is 19.4 Å². The van der Waals surface area contributed by atoms with Gasteiger partial charge in [-0.3, -0.25) is 4.57 Å². The topological polar surface area (TPSA) is 153 Å². The third-order valence-corrected chi connectivity index (χ3v) is 3.80. The molecule has 11 nitrogen and oxygen atoms in total. The fourth-order valence-corrected chi connectivity index (χ4v) is 2.29. The summed E-state index contributed by atoms with van der Waals surface area (Å²) in [6, 6.07) is 0. The van der Waals surface area contributed by atoms with E-state index in [1.54, 1.807) is 0 Å². The monoisotopic (exact) mass is 425 g/mol. The Labute approximate surface area is 154 Å². The van der Waals surface area contributed by atoms with Crippen molar-refractivity contribution in [1.29, 1.82) is 0 Å². The van der Waals surface area contributed by atoms with Gasteiger partial charge in [-0.1, -0.05) is 0 Å². The Morgan fingerprint density at radius 2 is 1.27 bits per heavy atom. The number of hydrogen-bond donors (Lipinski definition) is 4. The summed E-state index contributed by atoms with van der Waals surface area (Å²) in [4.78, 5) is 26.9. The molecule has 13 heteroatoms. The van der Waals surface area contributed by atoms with E-state index in [0.717, 1.165) is 13.3 Å². The molecule has 0 aromatic heterocycles. The van der Waals surface area contributed by atoms with Crippen LogP contribution < -0.4 is 0 Å². The van der Waals surface area contributed by atoms with Gasteiger partial charge in [0.2, 0.25) is 0 Å². The minimum absolute atomic E-state index is 0.00464. The van der Waals surface area contributed by atoms with Crippen LogP contribution in [0.15, 0.2) is 0 Å². The van der Waals surface area contributed by atoms with Crippen molar-refractivity contribution in [2.24, 2.45) is 0 Å². The Morgan fingerprint density at radius 3 is 1.69 bits per heavy atom. The summed E-state index contributed by atoms with van der Waals surface area (Å²) in [6.45, 7) is 4.39. The Morgan fingerprint density at radius 1 is 0.846 bits per heavy atom. The van der Waals surface area contributed by atoms with E-state index in [1.807, 2.05) is 0 Å². The van der Waals surface area contributed by atoms with Crippen LogP contribution in [0.3, 0.4) is 0 Å². The van der Waals surface area contributed by atoms with Gasteiger partial charge in [0.05, 0.1) is 59.5 Å². The first kappa shape index (κ1) is 26.3. The molecule has 0 aliphatic heterocycles. The molecule has 0 radical (unpaired) electrons. The highest BCUT2D eigenvalue weighted by Gasteiger charge is 2.28. The zero-order valence-corrected chi connectivity index (χ0v) is 17.0. The van der Waals surface area contributed by atoms with E-state index >= 15 is 0 Å². The molecule has 0 aliphatic rings. The average Bonchev–Trinajstić information content (AvgIpc) is 2.51. The smallest absolute Gasteiger partial charge is 0.388 e. The van der Waals surface area contributed by atoms with Crippen LogP contribution in [0.4, 0.5) is 0 Å². The first-order valence-corrected chi connectivity index (χ1v) is 12.1. The highest BCUT2D eigenvalue weighted by Crippen LogP contribution is 2.46. The minimum Gasteiger partial charge on any atom is -0.388 e. The predicted molar refractivity (Wildman–Crippen MR) is 94.2 cm³/mol. The Kier molecular flexibility index (Phi) is 15.4. The number of rotatable bonds is 18. The Balaban J connectivity index is 3.21. The van der Waals surface area contributed by atoms with Crippen molar-refractivity contribution in [3.8, 4) is 0 Å². The Hall–Kier alpha value is 0.260. The summed E-state index contributed by atoms with van der Waals surface area (Å²) in [6.07, 6.45) is -0.941. The minimum atomic E-state index is -3.44. The van der Waals surface area contributed by atoms with E-state index in [2.05, 4.69) is 9.05 Å². The SMILES string of the molecule is CP(=O)(O)OCCOCCOCCOCCOCC(O)CO[P+](C)(O)O. The van der Waals surface area contributed by atoms with Crippen molar-refractivity contribution >= 4 is 15.5 Å². The molecule has 0 bridgehead atoms. The zero-order chi connectivity index (χ0) is 19.9. The molecule has 0 heterocycles. The van der Waals surface area contributed by atoms with Crippen molar-refractivity contribution in [2.45, 2.75) is 6.10 Å². The predicted octanol–water partition coefficient (Wildman–Crippen LogP) is -0.361. The van der Waals surface area contributed by atoms with Gasteiger partial charge >= 0.3 is 15.5 Å². The van der Waals surface area contributed by atoms with Crippen molar-refractivity contribution in [1.82, 2.24) is 0 Å². The summed E-state index contributed by atoms with van der Waals surface area (Å²) in [5.41, 5.74) is 0. The molecule has 0 amide bonds. The lowest BCUT2D eigenvalue weighted by molar-refractivity contribution is -0.0264. The highest BCUT2D eigenvalue weighted by molar-refractivity contribution is 7.58. The first-order valence-electron chi connectivity index (χ1n) is 8.00. The molecule has 0 aromatic rings. The quantitative estimate of drug-likeness (QED) is 0.168. The molecule has 2 unspecified atom stereocenters. The zero-order valence-electron chi connectivity index (χ0n) is 15.2. The van der Waals surface area contributed by atoms with E-state index in [4.69, 9.17) is 33.6 Å². The Bertz CT molecular complexity index is 372. The molecular formula is C13H31O11P2+. The van der Waals surface area contributed by atoms with Crippen molar-refractivity contribution < 1.29 is 52.3 Å². The molecular weight excluding hydrogens is 394 g/mol. The molecule has 158 valence electrons. The summed E-state index contributed by atoms with van der Waals surface area (Å²) >= 11 is 0. The van der Waals surface area contributed by atoms with E-state index in [9.17, 15) is 9.67 Å². The van der Waals surface area contributed by atoms with Crippen LogP contribution in [0.5, 0.6) is 0 Å². The molecule has 4 N–H and O–H groups in total. The van der Waals surface area contributed by atoms with Crippen LogP contribution in [0.1, 0.15) is 0 Å². The van der Waals surface area contributed by atoms with Gasteiger partial charge in [0.15, 0.2) is 0 Å². The molecule has 0 rings (SSSR count). The maximum atomic E-state index is 10.8. The number of hydrogen-bond acceptors (Lipinski definition) is 10. The molecule has 0 aliphatic carbocycles. The van der Waals surface area contributed by atoms with Gasteiger partial charge in [-0.05, 0) is 0 Å². The van der Waals surface area contributed by atoms with E-state index in [-0.39, 0.29) is 33.0 Å². The summed E-state index contributed by atoms with van der Waals surface area (Å²) < 4.78 is 40.9. The third kappa shape index (κ3) is 22.3. The van der Waals surface area contributed by atoms with Gasteiger partial charge in [-0.25, -0.2) is 0 Å². The largest absolute Gasteiger partial charge is 0.403 e. The van der Waals surface area contributed by atoms with Crippen LogP contribution in [0, 0.1) is 0 Å². The van der Waals surface area contributed by atoms with Gasteiger partial charge < -0.3 is 33.5 Å². The molecule has 0 fully saturated rings. The van der Waals surface area contributed by atoms with Crippen molar-refractivity contribution in [3.05, 3.63) is 0 Å². The van der Waals surface area contributed by atoms with Gasteiger partial charge in [-0.15, -0.1) is 0 Å². The second-order valence-electron chi connectivity index (χ2n) is 5.33. The van der Waals surface area contributed by atoms with Crippen LogP contribution in [0.2, 0.25) is 0 Å². The molecule has 26 heavy (non-hydrogen) atoms. The fourth-order valence-electron chi connectivity index (χ4n) is 1.42. The van der Waals surface area contributed by atoms with Crippen LogP contribution in [-0.4, -0.2) is 105 Å². The molecule has 0 spiro atoms. The summed E-state index contributed by atoms with van der Waals surface area (Å²) in [7, 11) is -6.78. The number of ether oxygens (including phenoxy) is 4. The standard InChI is InChI=1S/C13H30O11P2/c1-25(15,16)23-10-9-21-6-5-19-3-4-20-7-8-22-11-13(14)12-24-26(2,17)18/h13-14,17-18H,3-12H2,1-2H3/p+1. The van der Waals surface area contributed by atoms with E-state index in [1.165, 1.54) is 0 Å². The molecule has 0 saturated heterocycles. The average molecular weight is 425 g/mol. The molecule has 2 atom stereocenters. The lowest BCUT2D eigenvalue weighted by atomic mass is 10.4. The second-order valence-corrected chi connectivity index (χ2v) is 9.13. The first-order chi connectivity index (χ1) is 12.1. The summed E-state index contributed by atoms with van der Waals surface area (Å²) in [5, 5.41) is 9.47.